The second-order valence-corrected chi connectivity index (χ2v) is 4.25. The van der Waals surface area contributed by atoms with E-state index in [0.29, 0.717) is 6.42 Å². The largest absolute Gasteiger partial charge is 0.271 e. The summed E-state index contributed by atoms with van der Waals surface area (Å²) in [5.41, 5.74) is 4.37. The van der Waals surface area contributed by atoms with E-state index < -0.39 is 5.82 Å². The summed E-state index contributed by atoms with van der Waals surface area (Å²) in [5, 5.41) is 7.60. The van der Waals surface area contributed by atoms with Crippen LogP contribution in [0.2, 0.25) is 5.02 Å². The first-order chi connectivity index (χ1) is 8.70. The summed E-state index contributed by atoms with van der Waals surface area (Å²) in [7, 11) is 0. The minimum absolute atomic E-state index is 0.113. The molecule has 3 N–H and O–H groups in total. The van der Waals surface area contributed by atoms with Crippen LogP contribution in [-0.2, 0) is 6.42 Å². The van der Waals surface area contributed by atoms with Crippen LogP contribution in [-0.4, -0.2) is 10.2 Å². The Morgan fingerprint density at radius 3 is 2.78 bits per heavy atom. The molecule has 6 heteroatoms. The van der Waals surface area contributed by atoms with Crippen LogP contribution >= 0.6 is 11.6 Å². The van der Waals surface area contributed by atoms with Crippen LogP contribution in [0.5, 0.6) is 0 Å². The van der Waals surface area contributed by atoms with Gasteiger partial charge in [0.15, 0.2) is 0 Å². The summed E-state index contributed by atoms with van der Waals surface area (Å²) < 4.78 is 13.3. The van der Waals surface area contributed by atoms with Crippen molar-refractivity contribution >= 4 is 11.6 Å². The molecule has 1 unspecified atom stereocenters. The zero-order chi connectivity index (χ0) is 13.0. The highest BCUT2D eigenvalue weighted by atomic mass is 35.5. The lowest BCUT2D eigenvalue weighted by molar-refractivity contribution is 0.545. The Balaban J connectivity index is 2.18. The average molecular weight is 267 g/mol. The Morgan fingerprint density at radius 1 is 1.33 bits per heavy atom. The van der Waals surface area contributed by atoms with E-state index in [1.54, 1.807) is 18.5 Å². The molecule has 0 saturated heterocycles. The predicted molar refractivity (Wildman–Crippen MR) is 67.2 cm³/mol. The van der Waals surface area contributed by atoms with Gasteiger partial charge in [-0.15, -0.1) is 0 Å². The molecule has 4 nitrogen and oxygen atoms in total. The van der Waals surface area contributed by atoms with Crippen molar-refractivity contribution in [1.29, 1.82) is 0 Å². The first kappa shape index (κ1) is 12.9. The van der Waals surface area contributed by atoms with Gasteiger partial charge in [-0.2, -0.15) is 10.2 Å². The quantitative estimate of drug-likeness (QED) is 0.656. The van der Waals surface area contributed by atoms with Gasteiger partial charge < -0.3 is 0 Å². The van der Waals surface area contributed by atoms with Gasteiger partial charge in [-0.3, -0.25) is 11.3 Å². The van der Waals surface area contributed by atoms with E-state index in [-0.39, 0.29) is 11.1 Å². The highest BCUT2D eigenvalue weighted by Gasteiger charge is 2.12. The van der Waals surface area contributed by atoms with Crippen LogP contribution in [0.15, 0.2) is 36.7 Å². The summed E-state index contributed by atoms with van der Waals surface area (Å²) >= 11 is 5.63. The molecule has 18 heavy (non-hydrogen) atoms. The van der Waals surface area contributed by atoms with Crippen molar-refractivity contribution in [3.8, 4) is 0 Å². The second-order valence-electron chi connectivity index (χ2n) is 3.85. The number of aromatic nitrogens is 2. The molecule has 0 bridgehead atoms. The Labute approximate surface area is 109 Å². The molecule has 1 aromatic heterocycles. The molecule has 0 saturated carbocycles. The number of halogens is 2. The monoisotopic (exact) mass is 266 g/mol. The first-order valence-corrected chi connectivity index (χ1v) is 5.75. The molecule has 0 aliphatic carbocycles. The molecule has 1 aromatic carbocycles. The Hall–Kier alpha value is -1.56. The average Bonchev–Trinajstić information content (AvgIpc) is 2.41. The number of nitrogens with zero attached hydrogens (tertiary/aromatic N) is 2. The third-order valence-electron chi connectivity index (χ3n) is 2.63. The zero-order valence-corrected chi connectivity index (χ0v) is 10.2. The lowest BCUT2D eigenvalue weighted by Gasteiger charge is -2.15. The first-order valence-electron chi connectivity index (χ1n) is 5.37. The summed E-state index contributed by atoms with van der Waals surface area (Å²) in [5.74, 6) is 5.07. The zero-order valence-electron chi connectivity index (χ0n) is 9.48. The Kier molecular flexibility index (Phi) is 4.19. The fraction of sp³-hybridized carbons (Fsp3) is 0.167. The lowest BCUT2D eigenvalue weighted by atomic mass is 10.0. The van der Waals surface area contributed by atoms with Crippen molar-refractivity contribution in [2.75, 3.05) is 0 Å². The van der Waals surface area contributed by atoms with Crippen LogP contribution in [0, 0.1) is 5.82 Å². The summed E-state index contributed by atoms with van der Waals surface area (Å²) in [6.45, 7) is 0. The van der Waals surface area contributed by atoms with Crippen molar-refractivity contribution < 1.29 is 4.39 Å². The Morgan fingerprint density at radius 2 is 2.17 bits per heavy atom. The molecular formula is C12H12ClFN4. The van der Waals surface area contributed by atoms with E-state index in [9.17, 15) is 4.39 Å². The number of rotatable bonds is 4. The van der Waals surface area contributed by atoms with Crippen LogP contribution in [0.4, 0.5) is 4.39 Å². The molecule has 94 valence electrons. The maximum Gasteiger partial charge on any atom is 0.142 e. The second kappa shape index (κ2) is 5.86. The number of hydrogen-bond acceptors (Lipinski definition) is 4. The van der Waals surface area contributed by atoms with E-state index in [4.69, 9.17) is 17.4 Å². The van der Waals surface area contributed by atoms with E-state index in [0.717, 1.165) is 11.1 Å². The Bertz CT molecular complexity index is 521. The number of nitrogens with two attached hydrogens (primary N) is 1. The van der Waals surface area contributed by atoms with Gasteiger partial charge in [0, 0.05) is 6.20 Å². The third-order valence-corrected chi connectivity index (χ3v) is 2.94. The van der Waals surface area contributed by atoms with Crippen molar-refractivity contribution in [2.45, 2.75) is 12.5 Å². The van der Waals surface area contributed by atoms with Gasteiger partial charge >= 0.3 is 0 Å². The molecule has 1 heterocycles. The molecule has 0 fully saturated rings. The van der Waals surface area contributed by atoms with Gasteiger partial charge in [-0.1, -0.05) is 17.7 Å². The molecular weight excluding hydrogens is 255 g/mol. The molecule has 0 amide bonds. The molecule has 0 radical (unpaired) electrons. The van der Waals surface area contributed by atoms with Gasteiger partial charge in [-0.25, -0.2) is 4.39 Å². The van der Waals surface area contributed by atoms with Gasteiger partial charge in [0.05, 0.1) is 17.3 Å². The highest BCUT2D eigenvalue weighted by Crippen LogP contribution is 2.20. The van der Waals surface area contributed by atoms with Gasteiger partial charge in [0.2, 0.25) is 0 Å². The summed E-state index contributed by atoms with van der Waals surface area (Å²) in [6.07, 6.45) is 3.75. The highest BCUT2D eigenvalue weighted by molar-refractivity contribution is 6.30. The van der Waals surface area contributed by atoms with Crippen molar-refractivity contribution in [3.05, 3.63) is 58.6 Å². The van der Waals surface area contributed by atoms with Crippen LogP contribution in [0.1, 0.15) is 17.2 Å². The maximum absolute atomic E-state index is 13.3. The number of hydrogen-bond donors (Lipinski definition) is 2. The number of benzene rings is 1. The van der Waals surface area contributed by atoms with Gasteiger partial charge in [0.1, 0.15) is 5.82 Å². The van der Waals surface area contributed by atoms with E-state index in [1.165, 1.54) is 12.1 Å². The molecule has 0 aliphatic rings. The van der Waals surface area contributed by atoms with Crippen molar-refractivity contribution in [3.63, 3.8) is 0 Å². The summed E-state index contributed by atoms with van der Waals surface area (Å²) in [6, 6.07) is 6.36. The van der Waals surface area contributed by atoms with Crippen molar-refractivity contribution in [1.82, 2.24) is 15.6 Å². The minimum atomic E-state index is -0.433. The predicted octanol–water partition coefficient (Wildman–Crippen LogP) is 2.02. The molecule has 1 atom stereocenters. The molecule has 2 rings (SSSR count). The summed E-state index contributed by atoms with van der Waals surface area (Å²) in [4.78, 5) is 0. The van der Waals surface area contributed by atoms with E-state index in [2.05, 4.69) is 15.6 Å². The lowest BCUT2D eigenvalue weighted by Crippen LogP contribution is -2.29. The van der Waals surface area contributed by atoms with Crippen LogP contribution < -0.4 is 11.3 Å². The van der Waals surface area contributed by atoms with Crippen molar-refractivity contribution in [2.24, 2.45) is 5.84 Å². The number of nitrogens with one attached hydrogen (secondary N) is 1. The fourth-order valence-corrected chi connectivity index (χ4v) is 1.80. The van der Waals surface area contributed by atoms with Gasteiger partial charge in [0.25, 0.3) is 0 Å². The van der Waals surface area contributed by atoms with E-state index in [1.807, 2.05) is 6.07 Å². The molecule has 0 aliphatic heterocycles. The maximum atomic E-state index is 13.3. The van der Waals surface area contributed by atoms with Gasteiger partial charge in [-0.05, 0) is 35.7 Å². The smallest absolute Gasteiger partial charge is 0.142 e. The van der Waals surface area contributed by atoms with Crippen LogP contribution in [0.3, 0.4) is 0 Å². The molecule has 2 aromatic rings. The number of hydrazine groups is 1. The fourth-order valence-electron chi connectivity index (χ4n) is 1.68. The van der Waals surface area contributed by atoms with Crippen LogP contribution in [0.25, 0.3) is 0 Å². The minimum Gasteiger partial charge on any atom is -0.271 e. The third kappa shape index (κ3) is 3.01. The topological polar surface area (TPSA) is 63.8 Å². The van der Waals surface area contributed by atoms with E-state index >= 15 is 0 Å². The standard InChI is InChI=1S/C12H12ClFN4/c13-10-2-1-8(5-11(10)14)6-12(18-15)9-3-4-16-17-7-9/h1-5,7,12,18H,6,15H2. The normalized spacial score (nSPS) is 12.4. The SMILES string of the molecule is NNC(Cc1ccc(Cl)c(F)c1)c1ccnnc1. The molecule has 0 spiro atoms.